The van der Waals surface area contributed by atoms with Gasteiger partial charge in [-0.1, -0.05) is 64.7 Å². The minimum atomic E-state index is -0.551. The molecule has 0 aliphatic carbocycles. The minimum absolute atomic E-state index is 0.0412. The Hall–Kier alpha value is -1.34. The number of aryl methyl sites for hydroxylation is 1. The highest BCUT2D eigenvalue weighted by atomic mass is 32.2. The van der Waals surface area contributed by atoms with Crippen molar-refractivity contribution >= 4 is 41.0 Å². The van der Waals surface area contributed by atoms with Crippen LogP contribution in [-0.4, -0.2) is 50.0 Å². The zero-order valence-corrected chi connectivity index (χ0v) is 25.0. The van der Waals surface area contributed by atoms with Crippen molar-refractivity contribution in [3.05, 3.63) is 22.8 Å². The third-order valence-electron chi connectivity index (χ3n) is 7.24. The highest BCUT2D eigenvalue weighted by Crippen LogP contribution is 2.34. The average molecular weight is 537 g/mol. The Kier molecular flexibility index (Phi) is 13.0. The molecule has 0 aromatic heterocycles. The SMILES string of the molecule is CCCCCCCCCCCCSC(C)(C)C(=O)N1CSCC1C(=O)Nc1cc(C)c(O)c(C)c1C. The highest BCUT2D eigenvalue weighted by Gasteiger charge is 2.41. The molecular formula is C29H48N2O3S2. The van der Waals surface area contributed by atoms with Gasteiger partial charge in [0.2, 0.25) is 11.8 Å². The normalized spacial score (nSPS) is 15.9. The van der Waals surface area contributed by atoms with Crippen molar-refractivity contribution in [2.24, 2.45) is 0 Å². The van der Waals surface area contributed by atoms with E-state index >= 15 is 0 Å². The molecule has 1 aromatic rings. The second-order valence-corrected chi connectivity index (χ2v) is 13.4. The lowest BCUT2D eigenvalue weighted by Crippen LogP contribution is -2.50. The smallest absolute Gasteiger partial charge is 0.248 e. The van der Waals surface area contributed by atoms with Crippen LogP contribution in [0.3, 0.4) is 0 Å². The van der Waals surface area contributed by atoms with Crippen LogP contribution in [-0.2, 0) is 9.59 Å². The van der Waals surface area contributed by atoms with Crippen LogP contribution in [0.5, 0.6) is 5.75 Å². The molecule has 1 atom stereocenters. The molecule has 0 bridgehead atoms. The number of aromatic hydroxyl groups is 1. The molecule has 7 heteroatoms. The van der Waals surface area contributed by atoms with Crippen LogP contribution in [0.15, 0.2) is 6.07 Å². The first-order chi connectivity index (χ1) is 17.1. The predicted octanol–water partition coefficient (Wildman–Crippen LogP) is 7.59. The van der Waals surface area contributed by atoms with Gasteiger partial charge in [-0.15, -0.1) is 23.5 Å². The van der Waals surface area contributed by atoms with Crippen molar-refractivity contribution in [2.45, 2.75) is 117 Å². The Balaban J connectivity index is 1.80. The van der Waals surface area contributed by atoms with Crippen molar-refractivity contribution in [3.8, 4) is 5.75 Å². The molecule has 1 heterocycles. The number of amides is 2. The number of unbranched alkanes of at least 4 members (excludes halogenated alkanes) is 9. The summed E-state index contributed by atoms with van der Waals surface area (Å²) < 4.78 is -0.551. The van der Waals surface area contributed by atoms with Gasteiger partial charge in [-0.05, 0) is 69.5 Å². The first-order valence-electron chi connectivity index (χ1n) is 13.7. The molecule has 1 fully saturated rings. The van der Waals surface area contributed by atoms with Gasteiger partial charge in [0.1, 0.15) is 11.8 Å². The second kappa shape index (κ2) is 15.2. The van der Waals surface area contributed by atoms with E-state index < -0.39 is 10.8 Å². The van der Waals surface area contributed by atoms with Crippen LogP contribution in [0, 0.1) is 20.8 Å². The molecule has 5 nitrogen and oxygen atoms in total. The number of anilines is 1. The van der Waals surface area contributed by atoms with Crippen LogP contribution in [0.1, 0.15) is 102 Å². The Morgan fingerprint density at radius 1 is 1.03 bits per heavy atom. The fourth-order valence-electron chi connectivity index (χ4n) is 4.60. The first-order valence-corrected chi connectivity index (χ1v) is 15.9. The number of carbonyl (C=O) groups excluding carboxylic acids is 2. The maximum atomic E-state index is 13.4. The fourth-order valence-corrected chi connectivity index (χ4v) is 6.85. The highest BCUT2D eigenvalue weighted by molar-refractivity contribution is 8.01. The molecule has 0 radical (unpaired) electrons. The summed E-state index contributed by atoms with van der Waals surface area (Å²) in [6.45, 7) is 11.8. The number of hydrogen-bond acceptors (Lipinski definition) is 5. The lowest BCUT2D eigenvalue weighted by Gasteiger charge is -2.32. The second-order valence-electron chi connectivity index (χ2n) is 10.7. The summed E-state index contributed by atoms with van der Waals surface area (Å²) in [5, 5.41) is 13.2. The van der Waals surface area contributed by atoms with Gasteiger partial charge in [-0.2, -0.15) is 0 Å². The summed E-state index contributed by atoms with van der Waals surface area (Å²) in [5.41, 5.74) is 3.05. The largest absolute Gasteiger partial charge is 0.507 e. The Bertz CT molecular complexity index is 873. The lowest BCUT2D eigenvalue weighted by atomic mass is 10.0. The topological polar surface area (TPSA) is 69.6 Å². The zero-order valence-electron chi connectivity index (χ0n) is 23.4. The number of nitrogens with one attached hydrogen (secondary N) is 1. The average Bonchev–Trinajstić information content (AvgIpc) is 3.34. The Morgan fingerprint density at radius 2 is 1.61 bits per heavy atom. The number of phenolic OH excluding ortho intramolecular Hbond substituents is 1. The number of nitrogens with zero attached hydrogens (tertiary/aromatic N) is 1. The summed E-state index contributed by atoms with van der Waals surface area (Å²) >= 11 is 3.34. The number of carbonyl (C=O) groups is 2. The lowest BCUT2D eigenvalue weighted by molar-refractivity contribution is -0.137. The Morgan fingerprint density at radius 3 is 2.22 bits per heavy atom. The quantitative estimate of drug-likeness (QED) is 0.178. The van der Waals surface area contributed by atoms with E-state index in [0.29, 0.717) is 17.3 Å². The van der Waals surface area contributed by atoms with Gasteiger partial charge in [0.05, 0.1) is 10.6 Å². The maximum Gasteiger partial charge on any atom is 0.248 e. The van der Waals surface area contributed by atoms with E-state index in [9.17, 15) is 14.7 Å². The molecule has 1 aromatic carbocycles. The molecule has 204 valence electrons. The molecule has 1 unspecified atom stereocenters. The molecular weight excluding hydrogens is 488 g/mol. The Labute approximate surface area is 227 Å². The van der Waals surface area contributed by atoms with Crippen molar-refractivity contribution < 1.29 is 14.7 Å². The minimum Gasteiger partial charge on any atom is -0.507 e. The van der Waals surface area contributed by atoms with E-state index in [4.69, 9.17) is 0 Å². The third-order valence-corrected chi connectivity index (χ3v) is 9.64. The first kappa shape index (κ1) is 30.9. The summed E-state index contributed by atoms with van der Waals surface area (Å²) in [6.07, 6.45) is 13.1. The van der Waals surface area contributed by atoms with Crippen LogP contribution in [0.25, 0.3) is 0 Å². The van der Waals surface area contributed by atoms with Crippen molar-refractivity contribution in [3.63, 3.8) is 0 Å². The van der Waals surface area contributed by atoms with Gasteiger partial charge >= 0.3 is 0 Å². The van der Waals surface area contributed by atoms with Crippen LogP contribution in [0.4, 0.5) is 5.69 Å². The molecule has 2 N–H and O–H groups in total. The van der Waals surface area contributed by atoms with Crippen LogP contribution < -0.4 is 5.32 Å². The maximum absolute atomic E-state index is 13.4. The van der Waals surface area contributed by atoms with Crippen LogP contribution >= 0.6 is 23.5 Å². The molecule has 2 amide bonds. The van der Waals surface area contributed by atoms with E-state index in [1.807, 2.05) is 34.6 Å². The number of phenols is 1. The summed E-state index contributed by atoms with van der Waals surface area (Å²) in [7, 11) is 0. The standard InChI is InChI=1S/C29H48N2O3S2/c1-7-8-9-10-11-12-13-14-15-16-17-36-29(5,6)28(34)31-20-35-19-25(31)27(33)30-24-18-21(2)26(32)23(4)22(24)3/h18,25,32H,7-17,19-20H2,1-6H3,(H,30,33). The van der Waals surface area contributed by atoms with Gasteiger partial charge in [0.25, 0.3) is 0 Å². The molecule has 1 aliphatic heterocycles. The molecule has 2 rings (SSSR count). The number of rotatable bonds is 15. The summed E-state index contributed by atoms with van der Waals surface area (Å²) in [4.78, 5) is 28.4. The van der Waals surface area contributed by atoms with Gasteiger partial charge in [-0.25, -0.2) is 0 Å². The van der Waals surface area contributed by atoms with E-state index in [2.05, 4.69) is 12.2 Å². The predicted molar refractivity (Wildman–Crippen MR) is 157 cm³/mol. The van der Waals surface area contributed by atoms with Crippen molar-refractivity contribution in [1.29, 1.82) is 0 Å². The van der Waals surface area contributed by atoms with Crippen molar-refractivity contribution in [1.82, 2.24) is 4.90 Å². The van der Waals surface area contributed by atoms with Gasteiger partial charge < -0.3 is 15.3 Å². The van der Waals surface area contributed by atoms with E-state index in [1.165, 1.54) is 57.8 Å². The number of thioether (sulfide) groups is 2. The molecule has 36 heavy (non-hydrogen) atoms. The summed E-state index contributed by atoms with van der Waals surface area (Å²) in [5.74, 6) is 2.27. The van der Waals surface area contributed by atoms with E-state index in [-0.39, 0.29) is 17.6 Å². The number of benzene rings is 1. The molecule has 1 aliphatic rings. The van der Waals surface area contributed by atoms with Gasteiger partial charge in [0.15, 0.2) is 0 Å². The monoisotopic (exact) mass is 536 g/mol. The van der Waals surface area contributed by atoms with E-state index in [1.54, 1.807) is 34.5 Å². The van der Waals surface area contributed by atoms with Gasteiger partial charge in [-0.3, -0.25) is 9.59 Å². The number of hydrogen-bond donors (Lipinski definition) is 2. The third kappa shape index (κ3) is 8.90. The van der Waals surface area contributed by atoms with Crippen molar-refractivity contribution in [2.75, 3.05) is 22.7 Å². The zero-order chi connectivity index (χ0) is 26.7. The fraction of sp³-hybridized carbons (Fsp3) is 0.724. The molecule has 1 saturated heterocycles. The molecule has 0 spiro atoms. The molecule has 0 saturated carbocycles. The van der Waals surface area contributed by atoms with Gasteiger partial charge in [0, 0.05) is 11.4 Å². The summed E-state index contributed by atoms with van der Waals surface area (Å²) in [6, 6.07) is 1.32. The van der Waals surface area contributed by atoms with Crippen LogP contribution in [0.2, 0.25) is 0 Å². The van der Waals surface area contributed by atoms with E-state index in [0.717, 1.165) is 28.9 Å².